The minimum Gasteiger partial charge on any atom is -0.370 e. The molecule has 0 amide bonds. The van der Waals surface area contributed by atoms with Crippen molar-refractivity contribution in [1.29, 1.82) is 0 Å². The summed E-state index contributed by atoms with van der Waals surface area (Å²) in [6.45, 7) is 6.23. The number of nitrogens with one attached hydrogen (secondary N) is 1. The largest absolute Gasteiger partial charge is 0.370 e. The van der Waals surface area contributed by atoms with E-state index in [1.54, 1.807) is 0 Å². The fraction of sp³-hybridized carbons (Fsp3) is 0.692. The number of hydrogen-bond acceptors (Lipinski definition) is 4. The van der Waals surface area contributed by atoms with E-state index in [9.17, 15) is 0 Å². The van der Waals surface area contributed by atoms with Crippen LogP contribution in [0.25, 0.3) is 0 Å². The van der Waals surface area contributed by atoms with Gasteiger partial charge in [0.2, 0.25) is 0 Å². The van der Waals surface area contributed by atoms with Gasteiger partial charge in [-0.2, -0.15) is 0 Å². The van der Waals surface area contributed by atoms with Gasteiger partial charge in [0, 0.05) is 31.3 Å². The maximum absolute atomic E-state index is 4.55. The van der Waals surface area contributed by atoms with Crippen LogP contribution in [-0.4, -0.2) is 42.1 Å². The summed E-state index contributed by atoms with van der Waals surface area (Å²) < 4.78 is 0. The Balaban J connectivity index is 2.73. The molecular formula is C13H24N4. The number of rotatable bonds is 7. The molecule has 0 radical (unpaired) electrons. The summed E-state index contributed by atoms with van der Waals surface area (Å²) in [5, 5.41) is 3.33. The summed E-state index contributed by atoms with van der Waals surface area (Å²) in [5.41, 5.74) is 1.12. The van der Waals surface area contributed by atoms with E-state index in [1.165, 1.54) is 0 Å². The van der Waals surface area contributed by atoms with Crippen molar-refractivity contribution in [2.45, 2.75) is 33.1 Å². The van der Waals surface area contributed by atoms with Crippen LogP contribution in [0.2, 0.25) is 0 Å². The Kier molecular flexibility index (Phi) is 5.91. The molecule has 1 aromatic rings. The van der Waals surface area contributed by atoms with Crippen molar-refractivity contribution in [1.82, 2.24) is 14.9 Å². The fourth-order valence-electron chi connectivity index (χ4n) is 1.51. The molecule has 4 nitrogen and oxygen atoms in total. The topological polar surface area (TPSA) is 41.1 Å². The molecule has 0 aliphatic carbocycles. The zero-order valence-electron chi connectivity index (χ0n) is 11.5. The Hall–Kier alpha value is -1.16. The molecule has 0 spiro atoms. The molecule has 0 aliphatic rings. The van der Waals surface area contributed by atoms with Gasteiger partial charge in [-0.05, 0) is 26.9 Å². The average molecular weight is 236 g/mol. The molecule has 1 rings (SSSR count). The van der Waals surface area contributed by atoms with E-state index >= 15 is 0 Å². The average Bonchev–Trinajstić information content (AvgIpc) is 2.33. The first-order valence-corrected chi connectivity index (χ1v) is 6.41. The monoisotopic (exact) mass is 236 g/mol. The van der Waals surface area contributed by atoms with E-state index in [4.69, 9.17) is 0 Å². The Labute approximate surface area is 104 Å². The van der Waals surface area contributed by atoms with Gasteiger partial charge in [0.15, 0.2) is 0 Å². The molecule has 0 unspecified atom stereocenters. The lowest BCUT2D eigenvalue weighted by atomic mass is 10.3. The van der Waals surface area contributed by atoms with Gasteiger partial charge in [-0.3, -0.25) is 0 Å². The van der Waals surface area contributed by atoms with Crippen molar-refractivity contribution in [3.63, 3.8) is 0 Å². The summed E-state index contributed by atoms with van der Waals surface area (Å²) in [7, 11) is 4.14. The molecule has 1 heterocycles. The summed E-state index contributed by atoms with van der Waals surface area (Å²) in [6.07, 6.45) is 2.97. The third-order valence-corrected chi connectivity index (χ3v) is 2.53. The summed E-state index contributed by atoms with van der Waals surface area (Å²) >= 11 is 0. The summed E-state index contributed by atoms with van der Waals surface area (Å²) in [4.78, 5) is 11.2. The first-order chi connectivity index (χ1) is 8.15. The highest BCUT2D eigenvalue weighted by molar-refractivity contribution is 5.36. The Morgan fingerprint density at radius 3 is 2.59 bits per heavy atom. The van der Waals surface area contributed by atoms with Crippen LogP contribution in [-0.2, 0) is 12.8 Å². The molecule has 0 fully saturated rings. The molecule has 0 saturated heterocycles. The van der Waals surface area contributed by atoms with E-state index in [0.29, 0.717) is 0 Å². The number of nitrogens with zero attached hydrogens (tertiary/aromatic N) is 3. The van der Waals surface area contributed by atoms with Crippen molar-refractivity contribution < 1.29 is 0 Å². The first-order valence-electron chi connectivity index (χ1n) is 6.41. The van der Waals surface area contributed by atoms with Gasteiger partial charge in [0.05, 0.1) is 0 Å². The second-order valence-electron chi connectivity index (χ2n) is 4.49. The molecular weight excluding hydrogens is 212 g/mol. The van der Waals surface area contributed by atoms with Gasteiger partial charge in [-0.1, -0.05) is 13.8 Å². The molecule has 96 valence electrons. The van der Waals surface area contributed by atoms with Crippen LogP contribution in [0.3, 0.4) is 0 Å². The fourth-order valence-corrected chi connectivity index (χ4v) is 1.51. The number of aryl methyl sites for hydroxylation is 1. The van der Waals surface area contributed by atoms with Gasteiger partial charge in [-0.15, -0.1) is 0 Å². The maximum atomic E-state index is 4.55. The van der Waals surface area contributed by atoms with Crippen molar-refractivity contribution in [2.75, 3.05) is 32.5 Å². The van der Waals surface area contributed by atoms with E-state index in [0.717, 1.165) is 49.7 Å². The molecule has 0 bridgehead atoms. The van der Waals surface area contributed by atoms with Gasteiger partial charge in [0.1, 0.15) is 11.6 Å². The standard InChI is InChI=1S/C13H24N4/c1-5-8-14-13-10-11(6-2)15-12(16-13)7-9-17(3)4/h10H,5-9H2,1-4H3,(H,14,15,16). The minimum atomic E-state index is 0.904. The quantitative estimate of drug-likeness (QED) is 0.786. The highest BCUT2D eigenvalue weighted by Gasteiger charge is 2.04. The normalized spacial score (nSPS) is 10.9. The van der Waals surface area contributed by atoms with Crippen LogP contribution in [0.1, 0.15) is 31.8 Å². The molecule has 0 saturated carbocycles. The number of aromatic nitrogens is 2. The summed E-state index contributed by atoms with van der Waals surface area (Å²) in [6, 6.07) is 2.05. The zero-order chi connectivity index (χ0) is 12.7. The molecule has 4 heteroatoms. The number of anilines is 1. The lowest BCUT2D eigenvalue weighted by molar-refractivity contribution is 0.409. The molecule has 1 aromatic heterocycles. The van der Waals surface area contributed by atoms with Crippen LogP contribution >= 0.6 is 0 Å². The van der Waals surface area contributed by atoms with Crippen molar-refractivity contribution in [3.05, 3.63) is 17.6 Å². The number of likely N-dealkylation sites (N-methyl/N-ethyl adjacent to an activating group) is 1. The van der Waals surface area contributed by atoms with Crippen LogP contribution in [0.15, 0.2) is 6.07 Å². The van der Waals surface area contributed by atoms with E-state index in [-0.39, 0.29) is 0 Å². The second-order valence-corrected chi connectivity index (χ2v) is 4.49. The predicted molar refractivity (Wildman–Crippen MR) is 72.4 cm³/mol. The molecule has 1 N–H and O–H groups in total. The lowest BCUT2D eigenvalue weighted by Crippen LogP contribution is -2.17. The van der Waals surface area contributed by atoms with Crippen molar-refractivity contribution in [2.24, 2.45) is 0 Å². The molecule has 0 aliphatic heterocycles. The SMILES string of the molecule is CCCNc1cc(CC)nc(CCN(C)C)n1. The third-order valence-electron chi connectivity index (χ3n) is 2.53. The first kappa shape index (κ1) is 13.9. The van der Waals surface area contributed by atoms with E-state index < -0.39 is 0 Å². The highest BCUT2D eigenvalue weighted by atomic mass is 15.1. The maximum Gasteiger partial charge on any atom is 0.132 e. The van der Waals surface area contributed by atoms with E-state index in [1.807, 2.05) is 0 Å². The van der Waals surface area contributed by atoms with Crippen molar-refractivity contribution in [3.8, 4) is 0 Å². The van der Waals surface area contributed by atoms with Crippen LogP contribution in [0, 0.1) is 0 Å². The van der Waals surface area contributed by atoms with Gasteiger partial charge in [0.25, 0.3) is 0 Å². The minimum absolute atomic E-state index is 0.904. The van der Waals surface area contributed by atoms with Gasteiger partial charge >= 0.3 is 0 Å². The van der Waals surface area contributed by atoms with Crippen molar-refractivity contribution >= 4 is 5.82 Å². The van der Waals surface area contributed by atoms with Gasteiger partial charge in [-0.25, -0.2) is 9.97 Å². The number of hydrogen-bond donors (Lipinski definition) is 1. The lowest BCUT2D eigenvalue weighted by Gasteiger charge is -2.11. The Bertz CT molecular complexity index is 336. The zero-order valence-corrected chi connectivity index (χ0v) is 11.5. The molecule has 17 heavy (non-hydrogen) atoms. The highest BCUT2D eigenvalue weighted by Crippen LogP contribution is 2.08. The molecule has 0 aromatic carbocycles. The Morgan fingerprint density at radius 1 is 1.24 bits per heavy atom. The van der Waals surface area contributed by atoms with Crippen LogP contribution < -0.4 is 5.32 Å². The van der Waals surface area contributed by atoms with Crippen LogP contribution in [0.4, 0.5) is 5.82 Å². The van der Waals surface area contributed by atoms with Gasteiger partial charge < -0.3 is 10.2 Å². The Morgan fingerprint density at radius 2 is 2.00 bits per heavy atom. The smallest absolute Gasteiger partial charge is 0.132 e. The van der Waals surface area contributed by atoms with Crippen LogP contribution in [0.5, 0.6) is 0 Å². The third kappa shape index (κ3) is 5.13. The predicted octanol–water partition coefficient (Wildman–Crippen LogP) is 1.96. The van der Waals surface area contributed by atoms with E-state index in [2.05, 4.69) is 54.2 Å². The second kappa shape index (κ2) is 7.22. The molecule has 0 atom stereocenters. The summed E-state index contributed by atoms with van der Waals surface area (Å²) in [5.74, 6) is 1.91.